The lowest BCUT2D eigenvalue weighted by atomic mass is 10.2. The van der Waals surface area contributed by atoms with Gasteiger partial charge in [-0.2, -0.15) is 0 Å². The van der Waals surface area contributed by atoms with Crippen LogP contribution in [-0.4, -0.2) is 12.7 Å². The van der Waals surface area contributed by atoms with Gasteiger partial charge in [-0.05, 0) is 12.1 Å². The zero-order chi connectivity index (χ0) is 8.23. The molecule has 0 aromatic heterocycles. The normalized spacial score (nSPS) is 19.5. The lowest BCUT2D eigenvalue weighted by molar-refractivity contribution is 0.412. The van der Waals surface area contributed by atoms with Crippen LogP contribution in [0.1, 0.15) is 12.0 Å². The highest BCUT2D eigenvalue weighted by Gasteiger charge is 2.20. The quantitative estimate of drug-likeness (QED) is 0.448. The number of benzene rings is 1. The molecule has 0 aliphatic carbocycles. The summed E-state index contributed by atoms with van der Waals surface area (Å²) in [5.41, 5.74) is 1.08. The van der Waals surface area contributed by atoms with Gasteiger partial charge in [0.05, 0.1) is 12.7 Å². The van der Waals surface area contributed by atoms with Crippen LogP contribution in [0.5, 0.6) is 0 Å². The van der Waals surface area contributed by atoms with Gasteiger partial charge in [-0.25, -0.2) is 0 Å². The number of hydrogen-bond acceptors (Lipinski definition) is 1. The summed E-state index contributed by atoms with van der Waals surface area (Å²) in [6, 6.07) is 10.0. The highest BCUT2D eigenvalue weighted by molar-refractivity contribution is 5.33. The Labute approximate surface area is 72.4 Å². The molecule has 1 heterocycles. The predicted molar refractivity (Wildman–Crippen MR) is 47.7 cm³/mol. The van der Waals surface area contributed by atoms with Crippen molar-refractivity contribution in [3.05, 3.63) is 35.9 Å². The number of epoxide rings is 1. The van der Waals surface area contributed by atoms with Crippen LogP contribution in [0, 0.1) is 11.8 Å². The summed E-state index contributed by atoms with van der Waals surface area (Å²) < 4.78 is 5.04. The van der Waals surface area contributed by atoms with Gasteiger partial charge in [-0.3, -0.25) is 0 Å². The van der Waals surface area contributed by atoms with Crippen LogP contribution in [0.25, 0.3) is 0 Å². The highest BCUT2D eigenvalue weighted by Crippen LogP contribution is 2.11. The molecule has 1 aliphatic heterocycles. The van der Waals surface area contributed by atoms with E-state index in [1.54, 1.807) is 0 Å². The average Bonchev–Trinajstić information content (AvgIpc) is 2.90. The van der Waals surface area contributed by atoms with Gasteiger partial charge in [0.2, 0.25) is 0 Å². The summed E-state index contributed by atoms with van der Waals surface area (Å²) in [5.74, 6) is 6.17. The molecule has 1 nitrogen and oxygen atoms in total. The zero-order valence-corrected chi connectivity index (χ0v) is 6.79. The van der Waals surface area contributed by atoms with Crippen molar-refractivity contribution < 1.29 is 4.74 Å². The summed E-state index contributed by atoms with van der Waals surface area (Å²) in [7, 11) is 0. The molecule has 0 bridgehead atoms. The first-order valence-electron chi connectivity index (χ1n) is 4.11. The van der Waals surface area contributed by atoms with Gasteiger partial charge in [0.1, 0.15) is 0 Å². The van der Waals surface area contributed by atoms with Gasteiger partial charge < -0.3 is 4.74 Å². The second kappa shape index (κ2) is 3.42. The van der Waals surface area contributed by atoms with E-state index in [4.69, 9.17) is 4.74 Å². The fraction of sp³-hybridized carbons (Fsp3) is 0.273. The number of ether oxygens (including phenoxy) is 1. The molecule has 0 spiro atoms. The largest absolute Gasteiger partial charge is 0.372 e. The van der Waals surface area contributed by atoms with Crippen LogP contribution in [0.15, 0.2) is 30.3 Å². The summed E-state index contributed by atoms with van der Waals surface area (Å²) in [5, 5.41) is 0. The van der Waals surface area contributed by atoms with E-state index in [0.29, 0.717) is 6.10 Å². The highest BCUT2D eigenvalue weighted by atomic mass is 16.6. The first-order valence-corrected chi connectivity index (χ1v) is 4.11. The van der Waals surface area contributed by atoms with E-state index in [1.165, 1.54) is 0 Å². The molecule has 1 aromatic rings. The van der Waals surface area contributed by atoms with Crippen molar-refractivity contribution in [2.24, 2.45) is 0 Å². The van der Waals surface area contributed by atoms with Gasteiger partial charge >= 0.3 is 0 Å². The first-order chi connectivity index (χ1) is 5.95. The van der Waals surface area contributed by atoms with Crippen molar-refractivity contribution in [1.29, 1.82) is 0 Å². The van der Waals surface area contributed by atoms with E-state index in [1.807, 2.05) is 30.3 Å². The van der Waals surface area contributed by atoms with Gasteiger partial charge in [0, 0.05) is 12.0 Å². The van der Waals surface area contributed by atoms with Crippen molar-refractivity contribution >= 4 is 0 Å². The van der Waals surface area contributed by atoms with E-state index < -0.39 is 0 Å². The Hall–Kier alpha value is -1.26. The molecule has 2 rings (SSSR count). The monoisotopic (exact) mass is 158 g/mol. The Morgan fingerprint density at radius 2 is 2.08 bits per heavy atom. The van der Waals surface area contributed by atoms with Crippen LogP contribution in [0.3, 0.4) is 0 Å². The van der Waals surface area contributed by atoms with Gasteiger partial charge in [0.25, 0.3) is 0 Å². The third kappa shape index (κ3) is 2.11. The van der Waals surface area contributed by atoms with Crippen molar-refractivity contribution in [3.8, 4) is 11.8 Å². The van der Waals surface area contributed by atoms with Crippen molar-refractivity contribution in [2.75, 3.05) is 6.61 Å². The van der Waals surface area contributed by atoms with E-state index in [9.17, 15) is 0 Å². The Bertz CT molecular complexity index is 301. The van der Waals surface area contributed by atoms with Crippen molar-refractivity contribution in [1.82, 2.24) is 0 Å². The minimum absolute atomic E-state index is 0.418. The molecule has 0 N–H and O–H groups in total. The lowest BCUT2D eigenvalue weighted by Gasteiger charge is -1.85. The summed E-state index contributed by atoms with van der Waals surface area (Å²) in [6.45, 7) is 0.892. The van der Waals surface area contributed by atoms with Crippen LogP contribution >= 0.6 is 0 Å². The Kier molecular flexibility index (Phi) is 2.11. The predicted octanol–water partition coefficient (Wildman–Crippen LogP) is 1.83. The molecule has 0 amide bonds. The first kappa shape index (κ1) is 7.39. The molecular formula is C11H10O. The third-order valence-corrected chi connectivity index (χ3v) is 1.74. The third-order valence-electron chi connectivity index (χ3n) is 1.74. The van der Waals surface area contributed by atoms with Crippen LogP contribution < -0.4 is 0 Å². The van der Waals surface area contributed by atoms with E-state index >= 15 is 0 Å². The molecule has 1 saturated heterocycles. The maximum atomic E-state index is 5.04. The van der Waals surface area contributed by atoms with Crippen LogP contribution in [0.4, 0.5) is 0 Å². The smallest absolute Gasteiger partial charge is 0.0918 e. The molecule has 1 aromatic carbocycles. The van der Waals surface area contributed by atoms with Crippen LogP contribution in [-0.2, 0) is 4.74 Å². The number of hydrogen-bond donors (Lipinski definition) is 0. The molecule has 0 radical (unpaired) electrons. The molecule has 1 fully saturated rings. The Balaban J connectivity index is 1.95. The van der Waals surface area contributed by atoms with Crippen molar-refractivity contribution in [3.63, 3.8) is 0 Å². The van der Waals surface area contributed by atoms with Gasteiger partial charge in [-0.15, -0.1) is 0 Å². The van der Waals surface area contributed by atoms with Crippen LogP contribution in [0.2, 0.25) is 0 Å². The maximum Gasteiger partial charge on any atom is 0.0918 e. The molecule has 1 heteroatoms. The molecule has 60 valence electrons. The maximum absolute atomic E-state index is 5.04. The summed E-state index contributed by atoms with van der Waals surface area (Å²) in [4.78, 5) is 0. The zero-order valence-electron chi connectivity index (χ0n) is 6.79. The second-order valence-electron chi connectivity index (χ2n) is 2.83. The summed E-state index contributed by atoms with van der Waals surface area (Å²) >= 11 is 0. The fourth-order valence-electron chi connectivity index (χ4n) is 0.974. The minimum atomic E-state index is 0.418. The second-order valence-corrected chi connectivity index (χ2v) is 2.83. The topological polar surface area (TPSA) is 12.5 Å². The lowest BCUT2D eigenvalue weighted by Crippen LogP contribution is -1.79. The molecule has 12 heavy (non-hydrogen) atoms. The SMILES string of the molecule is C(#Cc1ccccc1)C[C@H]1CO1. The van der Waals surface area contributed by atoms with Gasteiger partial charge in [-0.1, -0.05) is 30.0 Å². The van der Waals surface area contributed by atoms with E-state index in [-0.39, 0.29) is 0 Å². The average molecular weight is 158 g/mol. The summed E-state index contributed by atoms with van der Waals surface area (Å²) in [6.07, 6.45) is 1.29. The standard InChI is InChI=1S/C11H10O/c1-2-5-10(6-3-1)7-4-8-11-9-12-11/h1-3,5-6,11H,8-9H2/t11-/m0/s1. The van der Waals surface area contributed by atoms with E-state index in [2.05, 4.69) is 11.8 Å². The molecular weight excluding hydrogens is 148 g/mol. The number of rotatable bonds is 1. The molecule has 0 saturated carbocycles. The molecule has 1 atom stereocenters. The Morgan fingerprint density at radius 3 is 2.75 bits per heavy atom. The van der Waals surface area contributed by atoms with E-state index in [0.717, 1.165) is 18.6 Å². The minimum Gasteiger partial charge on any atom is -0.372 e. The van der Waals surface area contributed by atoms with Crippen molar-refractivity contribution in [2.45, 2.75) is 12.5 Å². The Morgan fingerprint density at radius 1 is 1.33 bits per heavy atom. The van der Waals surface area contributed by atoms with Gasteiger partial charge in [0.15, 0.2) is 0 Å². The molecule has 0 unspecified atom stereocenters. The fourth-order valence-corrected chi connectivity index (χ4v) is 0.974. The molecule has 1 aliphatic rings.